The van der Waals surface area contributed by atoms with Crippen molar-refractivity contribution in [1.82, 2.24) is 5.32 Å². The van der Waals surface area contributed by atoms with Crippen LogP contribution in [0.25, 0.3) is 0 Å². The van der Waals surface area contributed by atoms with E-state index in [2.05, 4.69) is 5.32 Å². The summed E-state index contributed by atoms with van der Waals surface area (Å²) in [6, 6.07) is 2.97. The van der Waals surface area contributed by atoms with Gasteiger partial charge < -0.3 is 10.4 Å². The molecule has 1 aliphatic rings. The van der Waals surface area contributed by atoms with Crippen molar-refractivity contribution in [3.8, 4) is 0 Å². The summed E-state index contributed by atoms with van der Waals surface area (Å²) < 4.78 is 0. The molecule has 5 heteroatoms. The van der Waals surface area contributed by atoms with Gasteiger partial charge in [-0.3, -0.25) is 4.79 Å². The van der Waals surface area contributed by atoms with E-state index in [1.807, 2.05) is 17.5 Å². The molecule has 0 saturated carbocycles. The molecule has 2 rings (SSSR count). The number of aliphatic carboxylic acids is 1. The van der Waals surface area contributed by atoms with Crippen molar-refractivity contribution in [2.24, 2.45) is 0 Å². The van der Waals surface area contributed by atoms with Gasteiger partial charge in [0.15, 0.2) is 0 Å². The molecule has 1 amide bonds. The first-order chi connectivity index (χ1) is 6.68. The van der Waals surface area contributed by atoms with Crippen molar-refractivity contribution in [3.63, 3.8) is 0 Å². The van der Waals surface area contributed by atoms with E-state index in [0.717, 1.165) is 4.88 Å². The van der Waals surface area contributed by atoms with Crippen LogP contribution in [-0.4, -0.2) is 23.0 Å². The predicted molar refractivity (Wildman–Crippen MR) is 51.2 cm³/mol. The van der Waals surface area contributed by atoms with Crippen LogP contribution in [-0.2, 0) is 9.59 Å². The molecule has 2 N–H and O–H groups in total. The van der Waals surface area contributed by atoms with Crippen LogP contribution >= 0.6 is 11.3 Å². The molecule has 0 unspecified atom stereocenters. The molecule has 0 aromatic carbocycles. The number of nitrogens with one attached hydrogen (secondary N) is 1. The highest BCUT2D eigenvalue weighted by Crippen LogP contribution is 2.31. The molecule has 0 bridgehead atoms. The fourth-order valence-electron chi connectivity index (χ4n) is 1.65. The summed E-state index contributed by atoms with van der Waals surface area (Å²) in [5.74, 6) is -1.36. The third kappa shape index (κ3) is 1.50. The van der Waals surface area contributed by atoms with Crippen LogP contribution < -0.4 is 5.32 Å². The molecule has 4 nitrogen and oxygen atoms in total. The Labute approximate surface area is 84.6 Å². The van der Waals surface area contributed by atoms with Crippen LogP contribution in [0.4, 0.5) is 0 Å². The summed E-state index contributed by atoms with van der Waals surface area (Å²) in [7, 11) is 0. The smallest absolute Gasteiger partial charge is 0.326 e. The molecule has 14 heavy (non-hydrogen) atoms. The number of rotatable bonds is 2. The molecule has 1 aliphatic heterocycles. The standard InChI is InChI=1S/C9H9NO3S/c11-7-4-5(6-2-1-3-14-6)8(10-7)9(12)13/h1-3,5,8H,4H2,(H,10,11)(H,12,13)/t5-,8-/m1/s1. The third-order valence-corrected chi connectivity index (χ3v) is 3.30. The number of carboxylic acids is 1. The first kappa shape index (κ1) is 9.21. The van der Waals surface area contributed by atoms with Gasteiger partial charge in [0.25, 0.3) is 0 Å². The molecule has 1 aromatic rings. The summed E-state index contributed by atoms with van der Waals surface area (Å²) in [5, 5.41) is 13.2. The molecule has 2 heterocycles. The Morgan fingerprint density at radius 2 is 2.43 bits per heavy atom. The van der Waals surface area contributed by atoms with Gasteiger partial charge in [-0.1, -0.05) is 6.07 Å². The fourth-order valence-corrected chi connectivity index (χ4v) is 2.52. The molecular weight excluding hydrogens is 202 g/mol. The van der Waals surface area contributed by atoms with Crippen LogP contribution in [0.15, 0.2) is 17.5 Å². The Morgan fingerprint density at radius 3 is 3.00 bits per heavy atom. The summed E-state index contributed by atoms with van der Waals surface area (Å²) >= 11 is 1.49. The molecular formula is C9H9NO3S. The maximum absolute atomic E-state index is 11.1. The molecule has 1 fully saturated rings. The number of hydrogen-bond acceptors (Lipinski definition) is 3. The lowest BCUT2D eigenvalue weighted by molar-refractivity contribution is -0.140. The number of carbonyl (C=O) groups excluding carboxylic acids is 1. The normalized spacial score (nSPS) is 26.1. The van der Waals surface area contributed by atoms with E-state index >= 15 is 0 Å². The third-order valence-electron chi connectivity index (χ3n) is 2.30. The molecule has 2 atom stereocenters. The molecule has 74 valence electrons. The number of amides is 1. The minimum absolute atomic E-state index is 0.184. The lowest BCUT2D eigenvalue weighted by Gasteiger charge is -2.12. The topological polar surface area (TPSA) is 66.4 Å². The minimum atomic E-state index is -0.964. The first-order valence-corrected chi connectivity index (χ1v) is 5.12. The van der Waals surface area contributed by atoms with E-state index in [9.17, 15) is 9.59 Å². The SMILES string of the molecule is O=C1C[C@H](c2cccs2)[C@H](C(=O)O)N1. The summed E-state index contributed by atoms with van der Waals surface area (Å²) in [5.41, 5.74) is 0. The number of hydrogen-bond donors (Lipinski definition) is 2. The van der Waals surface area contributed by atoms with Crippen LogP contribution in [0.5, 0.6) is 0 Å². The molecule has 0 radical (unpaired) electrons. The van der Waals surface area contributed by atoms with Gasteiger partial charge in [-0.25, -0.2) is 4.79 Å². The van der Waals surface area contributed by atoms with Gasteiger partial charge >= 0.3 is 5.97 Å². The van der Waals surface area contributed by atoms with E-state index in [4.69, 9.17) is 5.11 Å². The quantitative estimate of drug-likeness (QED) is 0.760. The Morgan fingerprint density at radius 1 is 1.64 bits per heavy atom. The highest BCUT2D eigenvalue weighted by atomic mass is 32.1. The van der Waals surface area contributed by atoms with Gasteiger partial charge in [-0.05, 0) is 11.4 Å². The maximum atomic E-state index is 11.1. The summed E-state index contributed by atoms with van der Waals surface area (Å²) in [6.45, 7) is 0. The van der Waals surface area contributed by atoms with Crippen LogP contribution in [0.3, 0.4) is 0 Å². The highest BCUT2D eigenvalue weighted by molar-refractivity contribution is 7.10. The van der Waals surface area contributed by atoms with Crippen LogP contribution in [0, 0.1) is 0 Å². The fraction of sp³-hybridized carbons (Fsp3) is 0.333. The maximum Gasteiger partial charge on any atom is 0.326 e. The van der Waals surface area contributed by atoms with E-state index in [1.165, 1.54) is 11.3 Å². The predicted octanol–water partition coefficient (Wildman–Crippen LogP) is 0.805. The van der Waals surface area contributed by atoms with E-state index < -0.39 is 12.0 Å². The summed E-state index contributed by atoms with van der Waals surface area (Å²) in [6.07, 6.45) is 0.275. The second-order valence-corrected chi connectivity index (χ2v) is 4.19. The molecule has 0 spiro atoms. The van der Waals surface area contributed by atoms with E-state index in [1.54, 1.807) is 0 Å². The van der Waals surface area contributed by atoms with Crippen molar-refractivity contribution < 1.29 is 14.7 Å². The van der Waals surface area contributed by atoms with Crippen LogP contribution in [0.2, 0.25) is 0 Å². The second-order valence-electron chi connectivity index (χ2n) is 3.21. The van der Waals surface area contributed by atoms with Gasteiger partial charge in [-0.2, -0.15) is 0 Å². The zero-order chi connectivity index (χ0) is 10.1. The van der Waals surface area contributed by atoms with Gasteiger partial charge in [0, 0.05) is 17.2 Å². The van der Waals surface area contributed by atoms with Crippen molar-refractivity contribution in [3.05, 3.63) is 22.4 Å². The minimum Gasteiger partial charge on any atom is -0.480 e. The second kappa shape index (κ2) is 3.42. The zero-order valence-corrected chi connectivity index (χ0v) is 8.08. The largest absolute Gasteiger partial charge is 0.480 e. The van der Waals surface area contributed by atoms with Gasteiger partial charge in [-0.15, -0.1) is 11.3 Å². The Kier molecular flexibility index (Phi) is 2.25. The average molecular weight is 211 g/mol. The molecule has 1 aromatic heterocycles. The Bertz CT molecular complexity index is 360. The van der Waals surface area contributed by atoms with Crippen molar-refractivity contribution in [2.45, 2.75) is 18.4 Å². The lowest BCUT2D eigenvalue weighted by atomic mass is 9.99. The number of thiophene rings is 1. The Hall–Kier alpha value is -1.36. The van der Waals surface area contributed by atoms with Gasteiger partial charge in [0.1, 0.15) is 6.04 Å². The molecule has 1 saturated heterocycles. The Balaban J connectivity index is 2.26. The van der Waals surface area contributed by atoms with Crippen molar-refractivity contribution in [2.75, 3.05) is 0 Å². The van der Waals surface area contributed by atoms with Gasteiger partial charge in [0.05, 0.1) is 0 Å². The van der Waals surface area contributed by atoms with E-state index in [-0.39, 0.29) is 18.2 Å². The lowest BCUT2D eigenvalue weighted by Crippen LogP contribution is -2.35. The van der Waals surface area contributed by atoms with Gasteiger partial charge in [0.2, 0.25) is 5.91 Å². The molecule has 0 aliphatic carbocycles. The summed E-state index contributed by atoms with van der Waals surface area (Å²) in [4.78, 5) is 22.9. The van der Waals surface area contributed by atoms with Crippen LogP contribution in [0.1, 0.15) is 17.2 Å². The number of carbonyl (C=O) groups is 2. The highest BCUT2D eigenvalue weighted by Gasteiger charge is 2.38. The van der Waals surface area contributed by atoms with E-state index in [0.29, 0.717) is 0 Å². The van der Waals surface area contributed by atoms with Crippen molar-refractivity contribution >= 4 is 23.2 Å². The first-order valence-electron chi connectivity index (χ1n) is 4.24. The van der Waals surface area contributed by atoms with Crippen molar-refractivity contribution in [1.29, 1.82) is 0 Å². The monoisotopic (exact) mass is 211 g/mol. The number of carboxylic acid groups (broad SMARTS) is 1. The average Bonchev–Trinajstić information content (AvgIpc) is 2.70. The zero-order valence-electron chi connectivity index (χ0n) is 7.27.